The molecule has 0 atom stereocenters. The number of nitrogens with zero attached hydrogens (tertiary/aromatic N) is 1. The second-order valence-corrected chi connectivity index (χ2v) is 5.76. The first kappa shape index (κ1) is 13.4. The quantitative estimate of drug-likeness (QED) is 0.733. The normalized spacial score (nSPS) is 15.1. The van der Waals surface area contributed by atoms with Gasteiger partial charge in [-0.1, -0.05) is 12.1 Å². The molecule has 1 saturated carbocycles. The van der Waals surface area contributed by atoms with Gasteiger partial charge in [0.1, 0.15) is 5.75 Å². The van der Waals surface area contributed by atoms with Gasteiger partial charge < -0.3 is 9.64 Å². The summed E-state index contributed by atoms with van der Waals surface area (Å²) in [5.41, 5.74) is 2.70. The first-order valence-electron chi connectivity index (χ1n) is 7.02. The maximum Gasteiger partial charge on any atom is 0.122 e. The van der Waals surface area contributed by atoms with E-state index in [0.717, 1.165) is 31.2 Å². The highest BCUT2D eigenvalue weighted by Crippen LogP contribution is 2.30. The summed E-state index contributed by atoms with van der Waals surface area (Å²) >= 11 is 0. The Bertz CT molecular complexity index is 383. The third-order valence-electron chi connectivity index (χ3n) is 3.48. The fraction of sp³-hybridized carbons (Fsp3) is 0.625. The highest BCUT2D eigenvalue weighted by molar-refractivity contribution is 5.36. The van der Waals surface area contributed by atoms with E-state index in [-0.39, 0.29) is 0 Å². The molecule has 0 aliphatic heterocycles. The van der Waals surface area contributed by atoms with Gasteiger partial charge in [-0.25, -0.2) is 0 Å². The SMILES string of the molecule is Cc1cc(CCCN(C)C)ccc1OCC1CC1. The van der Waals surface area contributed by atoms with E-state index < -0.39 is 0 Å². The molecule has 2 heteroatoms. The van der Waals surface area contributed by atoms with Gasteiger partial charge in [0.2, 0.25) is 0 Å². The summed E-state index contributed by atoms with van der Waals surface area (Å²) in [6.45, 7) is 4.21. The van der Waals surface area contributed by atoms with Gasteiger partial charge in [-0.05, 0) is 76.4 Å². The van der Waals surface area contributed by atoms with Crippen molar-refractivity contribution in [3.63, 3.8) is 0 Å². The maximum atomic E-state index is 5.85. The average Bonchev–Trinajstić information content (AvgIpc) is 3.11. The van der Waals surface area contributed by atoms with Gasteiger partial charge in [0, 0.05) is 0 Å². The smallest absolute Gasteiger partial charge is 0.122 e. The Morgan fingerprint density at radius 2 is 2.06 bits per heavy atom. The first-order valence-corrected chi connectivity index (χ1v) is 7.02. The standard InChI is InChI=1S/C16H25NO/c1-13-11-14(5-4-10-17(2)3)8-9-16(13)18-12-15-6-7-15/h8-9,11,15H,4-7,10,12H2,1-3H3. The molecule has 0 bridgehead atoms. The molecule has 0 amide bonds. The highest BCUT2D eigenvalue weighted by atomic mass is 16.5. The number of ether oxygens (including phenoxy) is 1. The van der Waals surface area contributed by atoms with Crippen LogP contribution in [0.3, 0.4) is 0 Å². The van der Waals surface area contributed by atoms with Crippen molar-refractivity contribution >= 4 is 0 Å². The van der Waals surface area contributed by atoms with E-state index >= 15 is 0 Å². The summed E-state index contributed by atoms with van der Waals surface area (Å²) < 4.78 is 5.85. The Balaban J connectivity index is 1.83. The van der Waals surface area contributed by atoms with Gasteiger partial charge in [0.05, 0.1) is 6.61 Å². The molecular weight excluding hydrogens is 222 g/mol. The van der Waals surface area contributed by atoms with E-state index in [2.05, 4.69) is 44.1 Å². The molecule has 18 heavy (non-hydrogen) atoms. The molecule has 0 radical (unpaired) electrons. The topological polar surface area (TPSA) is 12.5 Å². The Kier molecular flexibility index (Phi) is 4.65. The van der Waals surface area contributed by atoms with Gasteiger partial charge in [-0.2, -0.15) is 0 Å². The highest BCUT2D eigenvalue weighted by Gasteiger charge is 2.22. The van der Waals surface area contributed by atoms with Gasteiger partial charge in [0.15, 0.2) is 0 Å². The molecule has 1 aromatic carbocycles. The third kappa shape index (κ3) is 4.34. The summed E-state index contributed by atoms with van der Waals surface area (Å²) in [5, 5.41) is 0. The van der Waals surface area contributed by atoms with Crippen LogP contribution < -0.4 is 4.74 Å². The Morgan fingerprint density at radius 3 is 2.67 bits per heavy atom. The van der Waals surface area contributed by atoms with Crippen LogP contribution in [0.15, 0.2) is 18.2 Å². The van der Waals surface area contributed by atoms with Crippen molar-refractivity contribution in [2.45, 2.75) is 32.6 Å². The van der Waals surface area contributed by atoms with Crippen LogP contribution in [-0.4, -0.2) is 32.1 Å². The van der Waals surface area contributed by atoms with Crippen molar-refractivity contribution in [1.29, 1.82) is 0 Å². The fourth-order valence-corrected chi connectivity index (χ4v) is 2.12. The third-order valence-corrected chi connectivity index (χ3v) is 3.48. The Labute approximate surface area is 111 Å². The van der Waals surface area contributed by atoms with E-state index in [0.29, 0.717) is 0 Å². The van der Waals surface area contributed by atoms with Crippen LogP contribution in [0.2, 0.25) is 0 Å². The molecule has 0 heterocycles. The molecule has 1 aliphatic rings. The Hall–Kier alpha value is -1.02. The minimum Gasteiger partial charge on any atom is -0.493 e. The van der Waals surface area contributed by atoms with Crippen molar-refractivity contribution in [1.82, 2.24) is 4.90 Å². The summed E-state index contributed by atoms with van der Waals surface area (Å²) in [7, 11) is 4.25. The van der Waals surface area contributed by atoms with Gasteiger partial charge in [-0.15, -0.1) is 0 Å². The van der Waals surface area contributed by atoms with Gasteiger partial charge in [-0.3, -0.25) is 0 Å². The van der Waals surface area contributed by atoms with E-state index in [4.69, 9.17) is 4.74 Å². The van der Waals surface area contributed by atoms with Crippen molar-refractivity contribution < 1.29 is 4.74 Å². The van der Waals surface area contributed by atoms with Crippen LogP contribution in [0.5, 0.6) is 5.75 Å². The monoisotopic (exact) mass is 247 g/mol. The van der Waals surface area contributed by atoms with E-state index in [1.165, 1.54) is 30.4 Å². The number of aryl methyl sites for hydroxylation is 2. The Morgan fingerprint density at radius 1 is 1.28 bits per heavy atom. The predicted octanol–water partition coefficient (Wildman–Crippen LogP) is 3.28. The lowest BCUT2D eigenvalue weighted by Gasteiger charge is -2.12. The molecular formula is C16H25NO. The number of rotatable bonds is 7. The second-order valence-electron chi connectivity index (χ2n) is 5.76. The van der Waals surface area contributed by atoms with Crippen molar-refractivity contribution in [2.75, 3.05) is 27.2 Å². The first-order chi connectivity index (χ1) is 8.65. The molecule has 0 N–H and O–H groups in total. The summed E-state index contributed by atoms with van der Waals surface area (Å²) in [6.07, 6.45) is 5.07. The number of hydrogen-bond acceptors (Lipinski definition) is 2. The molecule has 1 aliphatic carbocycles. The lowest BCUT2D eigenvalue weighted by molar-refractivity contribution is 0.298. The zero-order valence-electron chi connectivity index (χ0n) is 11.9. The molecule has 0 spiro atoms. The average molecular weight is 247 g/mol. The zero-order valence-corrected chi connectivity index (χ0v) is 11.9. The van der Waals surface area contributed by atoms with Gasteiger partial charge in [0.25, 0.3) is 0 Å². The summed E-state index contributed by atoms with van der Waals surface area (Å²) in [6, 6.07) is 6.63. The van der Waals surface area contributed by atoms with E-state index in [9.17, 15) is 0 Å². The van der Waals surface area contributed by atoms with E-state index in [1.807, 2.05) is 0 Å². The number of benzene rings is 1. The number of hydrogen-bond donors (Lipinski definition) is 0. The molecule has 0 saturated heterocycles. The van der Waals surface area contributed by atoms with Crippen molar-refractivity contribution in [3.05, 3.63) is 29.3 Å². The van der Waals surface area contributed by atoms with Crippen molar-refractivity contribution in [3.8, 4) is 5.75 Å². The van der Waals surface area contributed by atoms with Crippen LogP contribution in [0, 0.1) is 12.8 Å². The molecule has 100 valence electrons. The minimum absolute atomic E-state index is 0.823. The lowest BCUT2D eigenvalue weighted by atomic mass is 10.1. The lowest BCUT2D eigenvalue weighted by Crippen LogP contribution is -2.13. The van der Waals surface area contributed by atoms with Crippen LogP contribution in [-0.2, 0) is 6.42 Å². The molecule has 1 aromatic rings. The second kappa shape index (κ2) is 6.24. The molecule has 0 aromatic heterocycles. The van der Waals surface area contributed by atoms with Crippen molar-refractivity contribution in [2.24, 2.45) is 5.92 Å². The maximum absolute atomic E-state index is 5.85. The van der Waals surface area contributed by atoms with Crippen LogP contribution in [0.4, 0.5) is 0 Å². The van der Waals surface area contributed by atoms with Crippen LogP contribution >= 0.6 is 0 Å². The minimum atomic E-state index is 0.823. The van der Waals surface area contributed by atoms with Gasteiger partial charge >= 0.3 is 0 Å². The molecule has 0 unspecified atom stereocenters. The predicted molar refractivity (Wildman–Crippen MR) is 76.3 cm³/mol. The largest absolute Gasteiger partial charge is 0.493 e. The molecule has 1 fully saturated rings. The molecule has 2 rings (SSSR count). The summed E-state index contributed by atoms with van der Waals surface area (Å²) in [4.78, 5) is 2.24. The molecule has 2 nitrogen and oxygen atoms in total. The van der Waals surface area contributed by atoms with Crippen LogP contribution in [0.1, 0.15) is 30.4 Å². The fourth-order valence-electron chi connectivity index (χ4n) is 2.12. The van der Waals surface area contributed by atoms with E-state index in [1.54, 1.807) is 0 Å². The summed E-state index contributed by atoms with van der Waals surface area (Å²) in [5.74, 6) is 1.89. The van der Waals surface area contributed by atoms with Crippen LogP contribution in [0.25, 0.3) is 0 Å². The zero-order chi connectivity index (χ0) is 13.0.